The molecule has 1 aliphatic carbocycles. The Morgan fingerprint density at radius 3 is 2.82 bits per heavy atom. The topological polar surface area (TPSA) is 81.1 Å². The number of nitrogen functional groups attached to an aromatic ring is 1. The Hall–Kier alpha value is -1.71. The second-order valence-electron chi connectivity index (χ2n) is 4.68. The molecule has 1 aromatic carbocycles. The van der Waals surface area contributed by atoms with Crippen LogP contribution in [0.15, 0.2) is 18.2 Å². The van der Waals surface area contributed by atoms with Crippen molar-refractivity contribution in [1.29, 1.82) is 0 Å². The van der Waals surface area contributed by atoms with E-state index < -0.39 is 5.91 Å². The molecule has 1 fully saturated rings. The van der Waals surface area contributed by atoms with Gasteiger partial charge in [-0.25, -0.2) is 0 Å². The zero-order valence-electron chi connectivity index (χ0n) is 9.91. The lowest BCUT2D eigenvalue weighted by Crippen LogP contribution is -2.15. The SMILES string of the molecule is NC(=O)c1cc(N)ccc1NCCCC1CC1. The van der Waals surface area contributed by atoms with Crippen molar-refractivity contribution in [2.45, 2.75) is 25.7 Å². The van der Waals surface area contributed by atoms with Crippen LogP contribution in [0.4, 0.5) is 11.4 Å². The molecule has 0 radical (unpaired) electrons. The van der Waals surface area contributed by atoms with E-state index in [-0.39, 0.29) is 0 Å². The summed E-state index contributed by atoms with van der Waals surface area (Å²) in [6.07, 6.45) is 5.17. The number of benzene rings is 1. The van der Waals surface area contributed by atoms with Crippen molar-refractivity contribution in [3.05, 3.63) is 23.8 Å². The Balaban J connectivity index is 1.91. The van der Waals surface area contributed by atoms with E-state index in [1.54, 1.807) is 12.1 Å². The Kier molecular flexibility index (Phi) is 3.52. The van der Waals surface area contributed by atoms with Crippen LogP contribution in [0.2, 0.25) is 0 Å². The minimum Gasteiger partial charge on any atom is -0.399 e. The summed E-state index contributed by atoms with van der Waals surface area (Å²) in [5.74, 6) is 0.501. The second kappa shape index (κ2) is 5.08. The molecule has 2 rings (SSSR count). The van der Waals surface area contributed by atoms with Gasteiger partial charge in [0.05, 0.1) is 5.56 Å². The van der Waals surface area contributed by atoms with E-state index in [1.165, 1.54) is 19.3 Å². The molecule has 0 aliphatic heterocycles. The molecule has 92 valence electrons. The van der Waals surface area contributed by atoms with Crippen molar-refractivity contribution in [3.8, 4) is 0 Å². The van der Waals surface area contributed by atoms with Crippen LogP contribution < -0.4 is 16.8 Å². The van der Waals surface area contributed by atoms with E-state index in [9.17, 15) is 4.79 Å². The number of hydrogen-bond donors (Lipinski definition) is 3. The summed E-state index contributed by atoms with van der Waals surface area (Å²) >= 11 is 0. The maximum atomic E-state index is 11.3. The molecule has 4 heteroatoms. The monoisotopic (exact) mass is 233 g/mol. The van der Waals surface area contributed by atoms with Gasteiger partial charge in [0.15, 0.2) is 0 Å². The summed E-state index contributed by atoms with van der Waals surface area (Å²) in [4.78, 5) is 11.3. The Labute approximate surface area is 101 Å². The first-order valence-corrected chi connectivity index (χ1v) is 6.10. The van der Waals surface area contributed by atoms with Gasteiger partial charge in [0.2, 0.25) is 0 Å². The number of carbonyl (C=O) groups excluding carboxylic acids is 1. The summed E-state index contributed by atoms with van der Waals surface area (Å²) in [7, 11) is 0. The number of primary amides is 1. The number of nitrogens with one attached hydrogen (secondary N) is 1. The van der Waals surface area contributed by atoms with Crippen LogP contribution in [-0.2, 0) is 0 Å². The van der Waals surface area contributed by atoms with E-state index in [1.807, 2.05) is 6.07 Å². The summed E-state index contributed by atoms with van der Waals surface area (Å²) < 4.78 is 0. The maximum absolute atomic E-state index is 11.3. The zero-order chi connectivity index (χ0) is 12.3. The number of anilines is 2. The molecule has 0 atom stereocenters. The summed E-state index contributed by atoms with van der Waals surface area (Å²) in [5, 5.41) is 3.25. The standard InChI is InChI=1S/C13H19N3O/c14-10-5-6-12(11(8-10)13(15)17)16-7-1-2-9-3-4-9/h5-6,8-9,16H,1-4,7,14H2,(H2,15,17). The highest BCUT2D eigenvalue weighted by molar-refractivity contribution is 5.99. The smallest absolute Gasteiger partial charge is 0.250 e. The highest BCUT2D eigenvalue weighted by atomic mass is 16.1. The molecule has 0 unspecified atom stereocenters. The molecule has 1 saturated carbocycles. The van der Waals surface area contributed by atoms with Gasteiger partial charge in [0.25, 0.3) is 5.91 Å². The minimum absolute atomic E-state index is 0.443. The second-order valence-corrected chi connectivity index (χ2v) is 4.68. The van der Waals surface area contributed by atoms with Crippen LogP contribution in [0.3, 0.4) is 0 Å². The Morgan fingerprint density at radius 2 is 2.18 bits per heavy atom. The number of nitrogens with two attached hydrogens (primary N) is 2. The molecule has 0 spiro atoms. The fourth-order valence-electron chi connectivity index (χ4n) is 1.94. The van der Waals surface area contributed by atoms with Gasteiger partial charge < -0.3 is 16.8 Å². The van der Waals surface area contributed by atoms with Gasteiger partial charge in [-0.1, -0.05) is 12.8 Å². The van der Waals surface area contributed by atoms with Gasteiger partial charge in [0.1, 0.15) is 0 Å². The molecular formula is C13H19N3O. The van der Waals surface area contributed by atoms with E-state index in [0.717, 1.165) is 24.6 Å². The number of hydrogen-bond acceptors (Lipinski definition) is 3. The van der Waals surface area contributed by atoms with E-state index in [2.05, 4.69) is 5.32 Å². The molecule has 1 aromatic rings. The van der Waals surface area contributed by atoms with E-state index in [0.29, 0.717) is 11.3 Å². The first-order chi connectivity index (χ1) is 8.16. The first-order valence-electron chi connectivity index (χ1n) is 6.10. The molecule has 5 N–H and O–H groups in total. The Bertz CT molecular complexity index is 413. The lowest BCUT2D eigenvalue weighted by Gasteiger charge is -2.10. The van der Waals surface area contributed by atoms with Crippen molar-refractivity contribution in [3.63, 3.8) is 0 Å². The number of amides is 1. The number of carbonyl (C=O) groups is 1. The number of rotatable bonds is 6. The molecule has 1 aliphatic rings. The average molecular weight is 233 g/mol. The van der Waals surface area contributed by atoms with Crippen LogP contribution in [0.25, 0.3) is 0 Å². The van der Waals surface area contributed by atoms with Gasteiger partial charge in [-0.2, -0.15) is 0 Å². The quantitative estimate of drug-likeness (QED) is 0.519. The molecule has 1 amide bonds. The fourth-order valence-corrected chi connectivity index (χ4v) is 1.94. The average Bonchev–Trinajstić information content (AvgIpc) is 3.09. The van der Waals surface area contributed by atoms with Crippen LogP contribution >= 0.6 is 0 Å². The summed E-state index contributed by atoms with van der Waals surface area (Å²) in [6.45, 7) is 0.876. The van der Waals surface area contributed by atoms with Gasteiger partial charge in [-0.15, -0.1) is 0 Å². The molecule has 0 heterocycles. The minimum atomic E-state index is -0.443. The van der Waals surface area contributed by atoms with Crippen LogP contribution in [0, 0.1) is 5.92 Å². The molecule has 4 nitrogen and oxygen atoms in total. The molecule has 0 bridgehead atoms. The van der Waals surface area contributed by atoms with Gasteiger partial charge in [-0.3, -0.25) is 4.79 Å². The van der Waals surface area contributed by atoms with Crippen molar-refractivity contribution in [2.24, 2.45) is 11.7 Å². The third kappa shape index (κ3) is 3.37. The third-order valence-electron chi connectivity index (χ3n) is 3.11. The highest BCUT2D eigenvalue weighted by Crippen LogP contribution is 2.33. The maximum Gasteiger partial charge on any atom is 0.250 e. The third-order valence-corrected chi connectivity index (χ3v) is 3.11. The van der Waals surface area contributed by atoms with Crippen molar-refractivity contribution in [2.75, 3.05) is 17.6 Å². The molecule has 0 aromatic heterocycles. The first kappa shape index (κ1) is 11.8. The lowest BCUT2D eigenvalue weighted by molar-refractivity contribution is 0.100. The fraction of sp³-hybridized carbons (Fsp3) is 0.462. The van der Waals surface area contributed by atoms with Crippen molar-refractivity contribution < 1.29 is 4.79 Å². The van der Waals surface area contributed by atoms with Crippen LogP contribution in [0.1, 0.15) is 36.0 Å². The van der Waals surface area contributed by atoms with Crippen LogP contribution in [0.5, 0.6) is 0 Å². The van der Waals surface area contributed by atoms with Gasteiger partial charge in [0, 0.05) is 17.9 Å². The normalized spacial score (nSPS) is 14.6. The van der Waals surface area contributed by atoms with Crippen molar-refractivity contribution >= 4 is 17.3 Å². The van der Waals surface area contributed by atoms with E-state index >= 15 is 0 Å². The van der Waals surface area contributed by atoms with Gasteiger partial charge >= 0.3 is 0 Å². The molecule has 0 saturated heterocycles. The van der Waals surface area contributed by atoms with Gasteiger partial charge in [-0.05, 0) is 37.0 Å². The summed E-state index contributed by atoms with van der Waals surface area (Å²) in [6, 6.07) is 5.20. The molecule has 17 heavy (non-hydrogen) atoms. The lowest BCUT2D eigenvalue weighted by atomic mass is 10.1. The predicted octanol–water partition coefficient (Wildman–Crippen LogP) is 1.97. The Morgan fingerprint density at radius 1 is 1.41 bits per heavy atom. The van der Waals surface area contributed by atoms with Crippen molar-refractivity contribution in [1.82, 2.24) is 0 Å². The largest absolute Gasteiger partial charge is 0.399 e. The van der Waals surface area contributed by atoms with Crippen LogP contribution in [-0.4, -0.2) is 12.5 Å². The highest BCUT2D eigenvalue weighted by Gasteiger charge is 2.20. The molecular weight excluding hydrogens is 214 g/mol. The summed E-state index contributed by atoms with van der Waals surface area (Å²) in [5.41, 5.74) is 12.8. The van der Waals surface area contributed by atoms with E-state index in [4.69, 9.17) is 11.5 Å². The zero-order valence-corrected chi connectivity index (χ0v) is 9.91. The predicted molar refractivity (Wildman–Crippen MR) is 69.8 cm³/mol.